The molecule has 2 unspecified atom stereocenters. The minimum Gasteiger partial charge on any atom is -0.481 e. The van der Waals surface area contributed by atoms with Gasteiger partial charge in [-0.25, -0.2) is 4.79 Å². The van der Waals surface area contributed by atoms with Gasteiger partial charge < -0.3 is 20.1 Å². The number of carbonyl (C=O) groups excluding carboxylic acids is 1. The molecule has 0 bridgehead atoms. The summed E-state index contributed by atoms with van der Waals surface area (Å²) in [6, 6.07) is -0.220. The summed E-state index contributed by atoms with van der Waals surface area (Å²) >= 11 is 0. The molecule has 20 heavy (non-hydrogen) atoms. The maximum Gasteiger partial charge on any atom is 0.317 e. The van der Waals surface area contributed by atoms with Crippen molar-refractivity contribution in [2.75, 3.05) is 46.4 Å². The number of nitrogens with one attached hydrogen (secondary N) is 1. The van der Waals surface area contributed by atoms with Gasteiger partial charge in [-0.05, 0) is 6.92 Å². The maximum atomic E-state index is 11.9. The number of carboxylic acids is 1. The van der Waals surface area contributed by atoms with E-state index in [0.29, 0.717) is 0 Å². The lowest BCUT2D eigenvalue weighted by Gasteiger charge is -2.30. The summed E-state index contributed by atoms with van der Waals surface area (Å²) in [5, 5.41) is 11.7. The average molecular weight is 287 g/mol. The number of nitrogens with zero attached hydrogens (tertiary/aromatic N) is 2. The number of hydrogen-bond donors (Lipinski definition) is 2. The Balaban J connectivity index is 2.30. The monoisotopic (exact) mass is 287 g/mol. The van der Waals surface area contributed by atoms with E-state index in [-0.39, 0.29) is 18.6 Å². The van der Waals surface area contributed by atoms with Crippen LogP contribution in [0.4, 0.5) is 4.79 Å². The number of rotatable bonds is 6. The van der Waals surface area contributed by atoms with Gasteiger partial charge >= 0.3 is 12.0 Å². The number of amides is 2. The lowest BCUT2D eigenvalue weighted by molar-refractivity contribution is -0.141. The van der Waals surface area contributed by atoms with Crippen LogP contribution in [0.3, 0.4) is 0 Å². The highest BCUT2D eigenvalue weighted by Gasteiger charge is 2.20. The number of ether oxygens (including phenoxy) is 1. The van der Waals surface area contributed by atoms with Crippen molar-refractivity contribution in [3.8, 4) is 0 Å². The van der Waals surface area contributed by atoms with E-state index < -0.39 is 11.9 Å². The van der Waals surface area contributed by atoms with Gasteiger partial charge in [-0.2, -0.15) is 0 Å². The molecule has 0 aromatic carbocycles. The highest BCUT2D eigenvalue weighted by Crippen LogP contribution is 2.01. The van der Waals surface area contributed by atoms with Crippen LogP contribution in [0.15, 0.2) is 0 Å². The summed E-state index contributed by atoms with van der Waals surface area (Å²) < 4.78 is 5.27. The van der Waals surface area contributed by atoms with Crippen molar-refractivity contribution in [3.05, 3.63) is 0 Å². The molecular weight excluding hydrogens is 262 g/mol. The fourth-order valence-corrected chi connectivity index (χ4v) is 2.11. The first-order valence-electron chi connectivity index (χ1n) is 6.94. The van der Waals surface area contributed by atoms with Gasteiger partial charge in [-0.1, -0.05) is 6.92 Å². The number of urea groups is 1. The van der Waals surface area contributed by atoms with Crippen LogP contribution < -0.4 is 5.32 Å². The lowest BCUT2D eigenvalue weighted by Crippen LogP contribution is -2.49. The molecule has 1 aliphatic rings. The van der Waals surface area contributed by atoms with E-state index in [2.05, 4.69) is 10.2 Å². The van der Waals surface area contributed by atoms with Crippen LogP contribution in [-0.4, -0.2) is 79.4 Å². The van der Waals surface area contributed by atoms with Crippen molar-refractivity contribution in [2.24, 2.45) is 5.92 Å². The molecule has 7 nitrogen and oxygen atoms in total. The van der Waals surface area contributed by atoms with Gasteiger partial charge in [0.2, 0.25) is 0 Å². The molecule has 0 saturated carbocycles. The van der Waals surface area contributed by atoms with Crippen LogP contribution in [0.1, 0.15) is 13.8 Å². The largest absolute Gasteiger partial charge is 0.481 e. The smallest absolute Gasteiger partial charge is 0.317 e. The molecule has 1 saturated heterocycles. The second-order valence-electron chi connectivity index (χ2n) is 5.38. The fraction of sp³-hybridized carbons (Fsp3) is 0.846. The van der Waals surface area contributed by atoms with E-state index >= 15 is 0 Å². The molecule has 1 fully saturated rings. The summed E-state index contributed by atoms with van der Waals surface area (Å²) in [4.78, 5) is 26.4. The Hall–Kier alpha value is -1.34. The Labute approximate surface area is 119 Å². The number of aliphatic carboxylic acids is 1. The van der Waals surface area contributed by atoms with Crippen LogP contribution in [-0.2, 0) is 9.53 Å². The second kappa shape index (κ2) is 8.06. The first-order chi connectivity index (χ1) is 9.40. The molecule has 2 N–H and O–H groups in total. The lowest BCUT2D eigenvalue weighted by atomic mass is 10.2. The van der Waals surface area contributed by atoms with E-state index in [1.807, 2.05) is 6.92 Å². The van der Waals surface area contributed by atoms with Gasteiger partial charge in [-0.3, -0.25) is 9.69 Å². The Kier molecular flexibility index (Phi) is 6.74. The zero-order chi connectivity index (χ0) is 15.1. The van der Waals surface area contributed by atoms with E-state index in [4.69, 9.17) is 9.84 Å². The second-order valence-corrected chi connectivity index (χ2v) is 5.38. The molecule has 0 radical (unpaired) electrons. The maximum absolute atomic E-state index is 11.9. The molecule has 0 aromatic heterocycles. The van der Waals surface area contributed by atoms with Gasteiger partial charge in [0.05, 0.1) is 19.1 Å². The SMILES string of the molecule is CC(CN1CCOCC1)NC(=O)N(C)CC(C)C(=O)O. The summed E-state index contributed by atoms with van der Waals surface area (Å²) in [6.45, 7) is 7.74. The summed E-state index contributed by atoms with van der Waals surface area (Å²) in [6.07, 6.45) is 0. The molecule has 0 aromatic rings. The minimum absolute atomic E-state index is 0.0168. The van der Waals surface area contributed by atoms with Crippen LogP contribution >= 0.6 is 0 Å². The predicted octanol–water partition coefficient (Wildman–Crippen LogP) is 0.0692. The highest BCUT2D eigenvalue weighted by atomic mass is 16.5. The molecule has 1 aliphatic heterocycles. The third-order valence-electron chi connectivity index (χ3n) is 3.32. The molecule has 0 aliphatic carbocycles. The standard InChI is InChI=1S/C13H25N3O4/c1-10(12(17)18)8-15(3)13(19)14-11(2)9-16-4-6-20-7-5-16/h10-11H,4-9H2,1-3H3,(H,14,19)(H,17,18). The minimum atomic E-state index is -0.897. The number of carboxylic acid groups (broad SMARTS) is 1. The number of hydrogen-bond acceptors (Lipinski definition) is 4. The average Bonchev–Trinajstić information content (AvgIpc) is 2.39. The van der Waals surface area contributed by atoms with Gasteiger partial charge in [0.1, 0.15) is 0 Å². The van der Waals surface area contributed by atoms with Gasteiger partial charge in [-0.15, -0.1) is 0 Å². The van der Waals surface area contributed by atoms with Crippen LogP contribution in [0, 0.1) is 5.92 Å². The quantitative estimate of drug-likeness (QED) is 0.722. The molecule has 0 spiro atoms. The first-order valence-corrected chi connectivity index (χ1v) is 6.94. The molecule has 2 atom stereocenters. The Morgan fingerprint density at radius 3 is 2.50 bits per heavy atom. The third-order valence-corrected chi connectivity index (χ3v) is 3.32. The summed E-state index contributed by atoms with van der Waals surface area (Å²) in [7, 11) is 1.61. The molecule has 1 rings (SSSR count). The zero-order valence-electron chi connectivity index (χ0n) is 12.5. The Morgan fingerprint density at radius 2 is 1.95 bits per heavy atom. The molecule has 7 heteroatoms. The third kappa shape index (κ3) is 5.75. The van der Waals surface area contributed by atoms with E-state index in [1.165, 1.54) is 4.90 Å². The van der Waals surface area contributed by atoms with Crippen molar-refractivity contribution in [3.63, 3.8) is 0 Å². The highest BCUT2D eigenvalue weighted by molar-refractivity contribution is 5.75. The molecule has 1 heterocycles. The normalized spacial score (nSPS) is 19.1. The van der Waals surface area contributed by atoms with E-state index in [9.17, 15) is 9.59 Å². The fourth-order valence-electron chi connectivity index (χ4n) is 2.11. The van der Waals surface area contributed by atoms with Crippen LogP contribution in [0.25, 0.3) is 0 Å². The predicted molar refractivity (Wildman–Crippen MR) is 74.7 cm³/mol. The summed E-state index contributed by atoms with van der Waals surface area (Å²) in [5.41, 5.74) is 0. The number of morpholine rings is 1. The zero-order valence-corrected chi connectivity index (χ0v) is 12.5. The van der Waals surface area contributed by atoms with Gasteiger partial charge in [0, 0.05) is 39.3 Å². The van der Waals surface area contributed by atoms with Crippen molar-refractivity contribution in [1.29, 1.82) is 0 Å². The Morgan fingerprint density at radius 1 is 1.35 bits per heavy atom. The van der Waals surface area contributed by atoms with E-state index in [0.717, 1.165) is 32.8 Å². The van der Waals surface area contributed by atoms with Crippen molar-refractivity contribution < 1.29 is 19.4 Å². The van der Waals surface area contributed by atoms with E-state index in [1.54, 1.807) is 14.0 Å². The molecular formula is C13H25N3O4. The van der Waals surface area contributed by atoms with Crippen molar-refractivity contribution in [2.45, 2.75) is 19.9 Å². The first kappa shape index (κ1) is 16.7. The van der Waals surface area contributed by atoms with Crippen molar-refractivity contribution >= 4 is 12.0 Å². The van der Waals surface area contributed by atoms with Crippen LogP contribution in [0.2, 0.25) is 0 Å². The molecule has 116 valence electrons. The molecule has 2 amide bonds. The van der Waals surface area contributed by atoms with Gasteiger partial charge in [0.15, 0.2) is 0 Å². The summed E-state index contributed by atoms with van der Waals surface area (Å²) in [5.74, 6) is -1.47. The van der Waals surface area contributed by atoms with Crippen LogP contribution in [0.5, 0.6) is 0 Å². The Bertz CT molecular complexity index is 332. The number of carbonyl (C=O) groups is 2. The topological polar surface area (TPSA) is 82.1 Å². The van der Waals surface area contributed by atoms with Crippen molar-refractivity contribution in [1.82, 2.24) is 15.1 Å². The van der Waals surface area contributed by atoms with Gasteiger partial charge in [0.25, 0.3) is 0 Å².